The van der Waals surface area contributed by atoms with Crippen molar-refractivity contribution in [3.05, 3.63) is 87.1 Å². The average molecular weight is 377 g/mol. The SMILES string of the molecule is O=c1[nH]c(Nc2ccc(F)cc2)nc2nccc(-c3ccc([N+](=O)[O-])cc3)c12. The van der Waals surface area contributed by atoms with Crippen LogP contribution in [0.2, 0.25) is 0 Å². The number of nitro groups is 1. The minimum atomic E-state index is -0.490. The summed E-state index contributed by atoms with van der Waals surface area (Å²) < 4.78 is 13.0. The summed E-state index contributed by atoms with van der Waals surface area (Å²) in [5, 5.41) is 14.0. The summed E-state index contributed by atoms with van der Waals surface area (Å²) >= 11 is 0. The third-order valence-electron chi connectivity index (χ3n) is 4.10. The number of halogens is 1. The molecule has 4 aromatic rings. The Labute approximate surface area is 156 Å². The Bertz CT molecular complexity index is 1240. The van der Waals surface area contributed by atoms with E-state index < -0.39 is 10.5 Å². The number of hydrogen-bond acceptors (Lipinski definition) is 6. The highest BCUT2D eigenvalue weighted by atomic mass is 19.1. The van der Waals surface area contributed by atoms with E-state index in [1.165, 1.54) is 42.6 Å². The van der Waals surface area contributed by atoms with E-state index in [1.807, 2.05) is 0 Å². The highest BCUT2D eigenvalue weighted by Gasteiger charge is 2.13. The first kappa shape index (κ1) is 17.3. The quantitative estimate of drug-likeness (QED) is 0.413. The smallest absolute Gasteiger partial charge is 0.269 e. The molecule has 2 N–H and O–H groups in total. The Morgan fingerprint density at radius 1 is 1.04 bits per heavy atom. The first-order valence-corrected chi connectivity index (χ1v) is 8.18. The van der Waals surface area contributed by atoms with Gasteiger partial charge in [0.05, 0.1) is 10.3 Å². The van der Waals surface area contributed by atoms with Crippen LogP contribution in [0.25, 0.3) is 22.2 Å². The molecule has 2 aromatic carbocycles. The van der Waals surface area contributed by atoms with Crippen molar-refractivity contribution in [2.24, 2.45) is 0 Å². The first-order valence-electron chi connectivity index (χ1n) is 8.18. The normalized spacial score (nSPS) is 10.8. The zero-order valence-electron chi connectivity index (χ0n) is 14.2. The number of nitro benzene ring substituents is 1. The van der Waals surface area contributed by atoms with Crippen LogP contribution < -0.4 is 10.9 Å². The second kappa shape index (κ2) is 6.88. The molecule has 9 heteroatoms. The maximum Gasteiger partial charge on any atom is 0.269 e. The fourth-order valence-electron chi connectivity index (χ4n) is 2.80. The molecule has 8 nitrogen and oxygen atoms in total. The number of H-pyrrole nitrogens is 1. The average Bonchev–Trinajstić information content (AvgIpc) is 2.69. The van der Waals surface area contributed by atoms with Crippen molar-refractivity contribution >= 4 is 28.4 Å². The second-order valence-electron chi connectivity index (χ2n) is 5.91. The molecular formula is C19H12FN5O3. The summed E-state index contributed by atoms with van der Waals surface area (Å²) in [5.41, 5.74) is 1.49. The number of nitrogens with zero attached hydrogens (tertiary/aromatic N) is 3. The second-order valence-corrected chi connectivity index (χ2v) is 5.91. The van der Waals surface area contributed by atoms with Gasteiger partial charge >= 0.3 is 0 Å². The van der Waals surface area contributed by atoms with Crippen molar-refractivity contribution in [3.63, 3.8) is 0 Å². The molecule has 0 bridgehead atoms. The standard InChI is InChI=1S/C19H12FN5O3/c20-12-3-5-13(6-4-12)22-19-23-17-16(18(26)24-19)15(9-10-21-17)11-1-7-14(8-2-11)25(27)28/h1-10H,(H2,21,22,23,24,26). The number of aromatic amines is 1. The number of benzene rings is 2. The first-order chi connectivity index (χ1) is 13.5. The zero-order chi connectivity index (χ0) is 19.7. The highest BCUT2D eigenvalue weighted by Crippen LogP contribution is 2.26. The lowest BCUT2D eigenvalue weighted by atomic mass is 10.0. The van der Waals surface area contributed by atoms with E-state index in [-0.39, 0.29) is 28.5 Å². The van der Waals surface area contributed by atoms with Gasteiger partial charge in [-0.15, -0.1) is 0 Å². The van der Waals surface area contributed by atoms with Gasteiger partial charge < -0.3 is 5.32 Å². The van der Waals surface area contributed by atoms with Crippen LogP contribution in [-0.2, 0) is 0 Å². The molecule has 0 saturated carbocycles. The maximum absolute atomic E-state index is 13.0. The van der Waals surface area contributed by atoms with Gasteiger partial charge in [0.25, 0.3) is 11.2 Å². The van der Waals surface area contributed by atoms with E-state index in [0.717, 1.165) is 0 Å². The third-order valence-corrected chi connectivity index (χ3v) is 4.10. The van der Waals surface area contributed by atoms with Crippen LogP contribution in [0, 0.1) is 15.9 Å². The molecule has 0 fully saturated rings. The molecule has 0 radical (unpaired) electrons. The van der Waals surface area contributed by atoms with E-state index in [0.29, 0.717) is 16.8 Å². The zero-order valence-corrected chi connectivity index (χ0v) is 14.2. The molecule has 0 saturated heterocycles. The van der Waals surface area contributed by atoms with Crippen molar-refractivity contribution < 1.29 is 9.31 Å². The Kier molecular flexibility index (Phi) is 4.24. The molecule has 2 heterocycles. The molecular weight excluding hydrogens is 365 g/mol. The number of rotatable bonds is 4. The van der Waals surface area contributed by atoms with Gasteiger partial charge in [0.2, 0.25) is 5.95 Å². The van der Waals surface area contributed by atoms with Crippen LogP contribution >= 0.6 is 0 Å². The number of non-ortho nitro benzene ring substituents is 1. The Hall–Kier alpha value is -4.14. The summed E-state index contributed by atoms with van der Waals surface area (Å²) in [6.45, 7) is 0. The molecule has 0 spiro atoms. The summed E-state index contributed by atoms with van der Waals surface area (Å²) in [6.07, 6.45) is 1.51. The minimum Gasteiger partial charge on any atom is -0.326 e. The summed E-state index contributed by atoms with van der Waals surface area (Å²) in [4.78, 5) is 34.1. The Morgan fingerprint density at radius 3 is 2.43 bits per heavy atom. The molecule has 2 aromatic heterocycles. The summed E-state index contributed by atoms with van der Waals surface area (Å²) in [6, 6.07) is 13.1. The van der Waals surface area contributed by atoms with E-state index >= 15 is 0 Å². The molecule has 28 heavy (non-hydrogen) atoms. The van der Waals surface area contributed by atoms with Crippen LogP contribution in [0.15, 0.2) is 65.6 Å². The van der Waals surface area contributed by atoms with Crippen molar-refractivity contribution in [1.82, 2.24) is 15.0 Å². The van der Waals surface area contributed by atoms with Gasteiger partial charge in [-0.1, -0.05) is 0 Å². The van der Waals surface area contributed by atoms with E-state index in [4.69, 9.17) is 0 Å². The molecule has 0 aliphatic heterocycles. The predicted octanol–water partition coefficient (Wildman–Crippen LogP) is 3.78. The summed E-state index contributed by atoms with van der Waals surface area (Å²) in [7, 11) is 0. The molecule has 0 aliphatic rings. The van der Waals surface area contributed by atoms with Gasteiger partial charge in [-0.05, 0) is 53.6 Å². The lowest BCUT2D eigenvalue weighted by Gasteiger charge is -2.08. The van der Waals surface area contributed by atoms with Crippen LogP contribution in [0.3, 0.4) is 0 Å². The van der Waals surface area contributed by atoms with Crippen molar-refractivity contribution in [2.45, 2.75) is 0 Å². The van der Waals surface area contributed by atoms with Crippen LogP contribution in [0.5, 0.6) is 0 Å². The Morgan fingerprint density at radius 2 is 1.75 bits per heavy atom. The largest absolute Gasteiger partial charge is 0.326 e. The van der Waals surface area contributed by atoms with Crippen LogP contribution in [0.4, 0.5) is 21.7 Å². The predicted molar refractivity (Wildman–Crippen MR) is 102 cm³/mol. The molecule has 4 rings (SSSR count). The topological polar surface area (TPSA) is 114 Å². The van der Waals surface area contributed by atoms with Gasteiger partial charge in [-0.25, -0.2) is 9.37 Å². The lowest BCUT2D eigenvalue weighted by Crippen LogP contribution is -2.13. The fourth-order valence-corrected chi connectivity index (χ4v) is 2.80. The molecule has 0 amide bonds. The molecule has 0 unspecified atom stereocenters. The fraction of sp³-hybridized carbons (Fsp3) is 0. The summed E-state index contributed by atoms with van der Waals surface area (Å²) in [5.74, 6) is -0.211. The van der Waals surface area contributed by atoms with E-state index in [2.05, 4.69) is 20.3 Å². The number of fused-ring (bicyclic) bond motifs is 1. The molecule has 0 aliphatic carbocycles. The maximum atomic E-state index is 13.0. The number of hydrogen-bond donors (Lipinski definition) is 2. The van der Waals surface area contributed by atoms with Gasteiger partial charge in [-0.3, -0.25) is 19.9 Å². The minimum absolute atomic E-state index is 0.0417. The van der Waals surface area contributed by atoms with Gasteiger partial charge in [0.1, 0.15) is 5.82 Å². The van der Waals surface area contributed by atoms with Crippen molar-refractivity contribution in [2.75, 3.05) is 5.32 Å². The third kappa shape index (κ3) is 3.28. The number of pyridine rings is 1. The van der Waals surface area contributed by atoms with Gasteiger partial charge in [0, 0.05) is 24.0 Å². The van der Waals surface area contributed by atoms with Gasteiger partial charge in [-0.2, -0.15) is 4.98 Å². The monoisotopic (exact) mass is 377 g/mol. The number of anilines is 2. The number of nitrogens with one attached hydrogen (secondary N) is 2. The number of aromatic nitrogens is 3. The Balaban J connectivity index is 1.77. The lowest BCUT2D eigenvalue weighted by molar-refractivity contribution is -0.384. The molecule has 138 valence electrons. The van der Waals surface area contributed by atoms with E-state index in [1.54, 1.807) is 18.2 Å². The van der Waals surface area contributed by atoms with Crippen LogP contribution in [-0.4, -0.2) is 19.9 Å². The van der Waals surface area contributed by atoms with Crippen molar-refractivity contribution in [3.8, 4) is 11.1 Å². The van der Waals surface area contributed by atoms with Gasteiger partial charge in [0.15, 0.2) is 5.65 Å². The van der Waals surface area contributed by atoms with E-state index in [9.17, 15) is 19.3 Å². The van der Waals surface area contributed by atoms with Crippen LogP contribution in [0.1, 0.15) is 0 Å². The molecule has 0 atom stereocenters. The van der Waals surface area contributed by atoms with Crippen molar-refractivity contribution in [1.29, 1.82) is 0 Å². The highest BCUT2D eigenvalue weighted by molar-refractivity contribution is 5.92.